The van der Waals surface area contributed by atoms with Crippen molar-refractivity contribution in [2.45, 2.75) is 49.9 Å². The first kappa shape index (κ1) is 12.3. The summed E-state index contributed by atoms with van der Waals surface area (Å²) in [4.78, 5) is 0. The predicted molar refractivity (Wildman–Crippen MR) is 68.3 cm³/mol. The van der Waals surface area contributed by atoms with Gasteiger partial charge in [0.15, 0.2) is 0 Å². The van der Waals surface area contributed by atoms with E-state index in [1.54, 1.807) is 0 Å². The van der Waals surface area contributed by atoms with Crippen LogP contribution in [0.4, 0.5) is 0 Å². The Morgan fingerprint density at radius 3 is 2.82 bits per heavy atom. The van der Waals surface area contributed by atoms with Crippen molar-refractivity contribution in [3.8, 4) is 0 Å². The molecule has 0 aromatic heterocycles. The van der Waals surface area contributed by atoms with Gasteiger partial charge in [-0.3, -0.25) is 0 Å². The Kier molecular flexibility index (Phi) is 3.18. The van der Waals surface area contributed by atoms with Gasteiger partial charge in [0.05, 0.1) is 17.3 Å². The molecular weight excluding hydrogens is 236 g/mol. The number of aliphatic hydroxyl groups is 1. The first-order valence-electron chi connectivity index (χ1n) is 6.70. The maximum absolute atomic E-state index is 10.8. The first-order chi connectivity index (χ1) is 8.15. The van der Waals surface area contributed by atoms with Crippen LogP contribution in [0.5, 0.6) is 0 Å². The highest BCUT2D eigenvalue weighted by Crippen LogP contribution is 2.46. The van der Waals surface area contributed by atoms with Crippen molar-refractivity contribution < 1.29 is 14.6 Å². The van der Waals surface area contributed by atoms with Gasteiger partial charge in [-0.05, 0) is 37.9 Å². The molecule has 0 aromatic rings. The van der Waals surface area contributed by atoms with Crippen LogP contribution in [-0.2, 0) is 9.47 Å². The van der Waals surface area contributed by atoms with Crippen molar-refractivity contribution in [2.24, 2.45) is 5.92 Å². The Morgan fingerprint density at radius 1 is 1.29 bits per heavy atom. The van der Waals surface area contributed by atoms with E-state index >= 15 is 0 Å². The summed E-state index contributed by atoms with van der Waals surface area (Å²) in [6, 6.07) is 0. The molecule has 3 nitrogen and oxygen atoms in total. The highest BCUT2D eigenvalue weighted by molar-refractivity contribution is 7.99. The zero-order valence-corrected chi connectivity index (χ0v) is 11.3. The summed E-state index contributed by atoms with van der Waals surface area (Å²) < 4.78 is 11.6. The van der Waals surface area contributed by atoms with Crippen LogP contribution in [0.25, 0.3) is 0 Å². The topological polar surface area (TPSA) is 38.7 Å². The molecule has 4 heteroatoms. The van der Waals surface area contributed by atoms with Crippen molar-refractivity contribution in [3.63, 3.8) is 0 Å². The molecule has 0 radical (unpaired) electrons. The van der Waals surface area contributed by atoms with E-state index in [1.165, 1.54) is 5.75 Å². The average molecular weight is 258 g/mol. The van der Waals surface area contributed by atoms with Gasteiger partial charge in [0.25, 0.3) is 0 Å². The van der Waals surface area contributed by atoms with Gasteiger partial charge in [0, 0.05) is 25.4 Å². The Balaban J connectivity index is 1.75. The molecule has 3 heterocycles. The molecule has 3 aliphatic heterocycles. The Morgan fingerprint density at radius 2 is 2.18 bits per heavy atom. The monoisotopic (exact) mass is 258 g/mol. The average Bonchev–Trinajstić information content (AvgIpc) is 2.89. The SMILES string of the molecule is CC1OCCC1(O)C1CCOC2(CCSC2)C1. The number of thioether (sulfide) groups is 1. The molecule has 3 rings (SSSR count). The van der Waals surface area contributed by atoms with Crippen LogP contribution in [-0.4, -0.2) is 47.1 Å². The van der Waals surface area contributed by atoms with E-state index in [9.17, 15) is 5.11 Å². The lowest BCUT2D eigenvalue weighted by Gasteiger charge is -2.44. The van der Waals surface area contributed by atoms with Crippen LogP contribution in [0.15, 0.2) is 0 Å². The fraction of sp³-hybridized carbons (Fsp3) is 1.00. The smallest absolute Gasteiger partial charge is 0.0957 e. The van der Waals surface area contributed by atoms with E-state index in [2.05, 4.69) is 0 Å². The summed E-state index contributed by atoms with van der Waals surface area (Å²) in [5.41, 5.74) is -0.546. The lowest BCUT2D eigenvalue weighted by molar-refractivity contribution is -0.146. The fourth-order valence-corrected chi connectivity index (χ4v) is 4.98. The third-order valence-corrected chi connectivity index (χ3v) is 6.06. The van der Waals surface area contributed by atoms with Crippen LogP contribution in [0.2, 0.25) is 0 Å². The van der Waals surface area contributed by atoms with E-state index in [1.807, 2.05) is 18.7 Å². The van der Waals surface area contributed by atoms with Gasteiger partial charge >= 0.3 is 0 Å². The highest BCUT2D eigenvalue weighted by atomic mass is 32.2. The van der Waals surface area contributed by atoms with Gasteiger partial charge in [-0.1, -0.05) is 0 Å². The summed E-state index contributed by atoms with van der Waals surface area (Å²) in [6.45, 7) is 3.52. The zero-order chi connectivity index (χ0) is 11.9. The molecular formula is C13H22O3S. The maximum Gasteiger partial charge on any atom is 0.0957 e. The van der Waals surface area contributed by atoms with Gasteiger partial charge in [-0.2, -0.15) is 11.8 Å². The lowest BCUT2D eigenvalue weighted by atomic mass is 9.72. The fourth-order valence-electron chi connectivity index (χ4n) is 3.60. The molecule has 1 spiro atoms. The second-order valence-electron chi connectivity index (χ2n) is 5.78. The van der Waals surface area contributed by atoms with E-state index in [0.717, 1.165) is 38.0 Å². The van der Waals surface area contributed by atoms with Crippen molar-refractivity contribution in [2.75, 3.05) is 24.7 Å². The molecule has 3 saturated heterocycles. The number of ether oxygens (including phenoxy) is 2. The number of rotatable bonds is 1. The van der Waals surface area contributed by atoms with Gasteiger partial charge in [-0.15, -0.1) is 0 Å². The minimum absolute atomic E-state index is 0.0169. The molecule has 0 amide bonds. The molecule has 17 heavy (non-hydrogen) atoms. The zero-order valence-electron chi connectivity index (χ0n) is 10.5. The normalized spacial score (nSPS) is 51.2. The van der Waals surface area contributed by atoms with E-state index in [-0.39, 0.29) is 11.7 Å². The minimum atomic E-state index is -0.607. The quantitative estimate of drug-likeness (QED) is 0.779. The number of hydrogen-bond donors (Lipinski definition) is 1. The van der Waals surface area contributed by atoms with Crippen molar-refractivity contribution in [3.05, 3.63) is 0 Å². The Hall–Kier alpha value is 0.230. The van der Waals surface area contributed by atoms with Crippen molar-refractivity contribution in [1.29, 1.82) is 0 Å². The molecule has 0 bridgehead atoms. The van der Waals surface area contributed by atoms with Gasteiger partial charge in [0.1, 0.15) is 0 Å². The number of hydrogen-bond acceptors (Lipinski definition) is 4. The first-order valence-corrected chi connectivity index (χ1v) is 7.86. The standard InChI is InChI=1S/C13H22O3S/c1-10-13(14,3-6-15-10)11-2-5-16-12(8-11)4-7-17-9-12/h10-11,14H,2-9H2,1H3. The van der Waals surface area contributed by atoms with Crippen LogP contribution in [0, 0.1) is 5.92 Å². The van der Waals surface area contributed by atoms with E-state index < -0.39 is 5.60 Å². The van der Waals surface area contributed by atoms with Crippen LogP contribution >= 0.6 is 11.8 Å². The second-order valence-corrected chi connectivity index (χ2v) is 6.88. The highest BCUT2D eigenvalue weighted by Gasteiger charge is 2.51. The Bertz CT molecular complexity index is 290. The van der Waals surface area contributed by atoms with Crippen molar-refractivity contribution >= 4 is 11.8 Å². The van der Waals surface area contributed by atoms with Gasteiger partial charge < -0.3 is 14.6 Å². The van der Waals surface area contributed by atoms with Crippen molar-refractivity contribution in [1.82, 2.24) is 0 Å². The third kappa shape index (κ3) is 2.03. The molecule has 1 N–H and O–H groups in total. The largest absolute Gasteiger partial charge is 0.387 e. The van der Waals surface area contributed by atoms with Gasteiger partial charge in [0.2, 0.25) is 0 Å². The van der Waals surface area contributed by atoms with Crippen LogP contribution in [0.3, 0.4) is 0 Å². The third-order valence-electron chi connectivity index (χ3n) is 4.84. The predicted octanol–water partition coefficient (Wildman–Crippen LogP) is 1.83. The van der Waals surface area contributed by atoms with E-state index in [0.29, 0.717) is 12.5 Å². The Labute approximate surface area is 107 Å². The summed E-state index contributed by atoms with van der Waals surface area (Å²) in [6.07, 6.45) is 3.93. The molecule has 3 aliphatic rings. The summed E-state index contributed by atoms with van der Waals surface area (Å²) in [5, 5.41) is 10.8. The molecule has 4 atom stereocenters. The summed E-state index contributed by atoms with van der Waals surface area (Å²) >= 11 is 1.99. The molecule has 0 aliphatic carbocycles. The summed E-state index contributed by atoms with van der Waals surface area (Å²) in [5.74, 6) is 2.67. The van der Waals surface area contributed by atoms with Gasteiger partial charge in [-0.25, -0.2) is 0 Å². The maximum atomic E-state index is 10.8. The molecule has 3 fully saturated rings. The molecule has 0 saturated carbocycles. The lowest BCUT2D eigenvalue weighted by Crippen LogP contribution is -2.51. The minimum Gasteiger partial charge on any atom is -0.387 e. The van der Waals surface area contributed by atoms with Crippen LogP contribution < -0.4 is 0 Å². The second kappa shape index (κ2) is 4.41. The van der Waals surface area contributed by atoms with E-state index in [4.69, 9.17) is 9.47 Å². The molecule has 4 unspecified atom stereocenters. The molecule has 98 valence electrons. The van der Waals surface area contributed by atoms with Crippen LogP contribution in [0.1, 0.15) is 32.6 Å². The molecule has 0 aromatic carbocycles. The summed E-state index contributed by atoms with van der Waals surface area (Å²) in [7, 11) is 0.